The Labute approximate surface area is 143 Å². The van der Waals surface area contributed by atoms with E-state index in [1.807, 2.05) is 24.3 Å². The minimum Gasteiger partial charge on any atom is -0.305 e. The number of H-pyrrole nitrogens is 1. The van der Waals surface area contributed by atoms with Gasteiger partial charge in [0, 0.05) is 23.9 Å². The summed E-state index contributed by atoms with van der Waals surface area (Å²) in [4.78, 5) is 14.9. The summed E-state index contributed by atoms with van der Waals surface area (Å²) >= 11 is 0. The topological polar surface area (TPSA) is 61.0 Å². The van der Waals surface area contributed by atoms with Gasteiger partial charge in [0.1, 0.15) is 0 Å². The van der Waals surface area contributed by atoms with Gasteiger partial charge in [-0.2, -0.15) is 5.10 Å². The van der Waals surface area contributed by atoms with Crippen LogP contribution in [0.3, 0.4) is 0 Å². The largest absolute Gasteiger partial charge is 0.305 e. The van der Waals surface area contributed by atoms with E-state index in [9.17, 15) is 4.79 Å². The fourth-order valence-corrected chi connectivity index (χ4v) is 3.17. The molecule has 128 valence electrons. The lowest BCUT2D eigenvalue weighted by atomic mass is 10.1. The second-order valence-electron chi connectivity index (χ2n) is 7.01. The quantitative estimate of drug-likeness (QED) is 0.854. The number of aromatic nitrogens is 2. The lowest BCUT2D eigenvalue weighted by Crippen LogP contribution is -2.19. The standard InChI is InChI=1S/C19H26N4O/c1-14(2)10-17-12-18(22-21-17)20-19(24)16-7-5-6-15(11-16)13-23-8-3-4-9-23/h5-7,11-12,14H,3-4,8-10,13H2,1-2H3,(H2,20,21,22,24). The van der Waals surface area contributed by atoms with Gasteiger partial charge < -0.3 is 5.32 Å². The third kappa shape index (κ3) is 4.45. The molecule has 0 spiro atoms. The average molecular weight is 326 g/mol. The molecular formula is C19H26N4O. The Kier molecular flexibility index (Phi) is 5.30. The molecule has 1 aliphatic rings. The summed E-state index contributed by atoms with van der Waals surface area (Å²) in [7, 11) is 0. The third-order valence-electron chi connectivity index (χ3n) is 4.29. The van der Waals surface area contributed by atoms with Crippen LogP contribution in [-0.2, 0) is 13.0 Å². The molecule has 1 amide bonds. The van der Waals surface area contributed by atoms with E-state index in [4.69, 9.17) is 0 Å². The van der Waals surface area contributed by atoms with Crippen LogP contribution in [0.2, 0.25) is 0 Å². The molecule has 2 N–H and O–H groups in total. The lowest BCUT2D eigenvalue weighted by Gasteiger charge is -2.15. The number of hydrogen-bond acceptors (Lipinski definition) is 3. The van der Waals surface area contributed by atoms with Crippen LogP contribution in [0.15, 0.2) is 30.3 Å². The van der Waals surface area contributed by atoms with Crippen LogP contribution in [0.1, 0.15) is 48.3 Å². The molecule has 0 saturated carbocycles. The Hall–Kier alpha value is -2.14. The van der Waals surface area contributed by atoms with Gasteiger partial charge in [-0.1, -0.05) is 26.0 Å². The van der Waals surface area contributed by atoms with Crippen LogP contribution in [0.5, 0.6) is 0 Å². The third-order valence-corrected chi connectivity index (χ3v) is 4.29. The highest BCUT2D eigenvalue weighted by atomic mass is 16.1. The van der Waals surface area contributed by atoms with Crippen LogP contribution in [0, 0.1) is 5.92 Å². The molecule has 0 unspecified atom stereocenters. The summed E-state index contributed by atoms with van der Waals surface area (Å²) in [6, 6.07) is 9.78. The van der Waals surface area contributed by atoms with Gasteiger partial charge in [0.15, 0.2) is 5.82 Å². The van der Waals surface area contributed by atoms with Gasteiger partial charge in [0.2, 0.25) is 0 Å². The van der Waals surface area contributed by atoms with E-state index in [0.717, 1.165) is 31.7 Å². The highest BCUT2D eigenvalue weighted by molar-refractivity contribution is 6.03. The predicted molar refractivity (Wildman–Crippen MR) is 96.0 cm³/mol. The van der Waals surface area contributed by atoms with Crippen molar-refractivity contribution in [2.75, 3.05) is 18.4 Å². The van der Waals surface area contributed by atoms with Gasteiger partial charge in [0.25, 0.3) is 5.91 Å². The number of rotatable bonds is 6. The number of carbonyl (C=O) groups excluding carboxylic acids is 1. The molecule has 1 aromatic carbocycles. The zero-order valence-corrected chi connectivity index (χ0v) is 14.5. The summed E-state index contributed by atoms with van der Waals surface area (Å²) in [5, 5.41) is 10.0. The van der Waals surface area contributed by atoms with E-state index < -0.39 is 0 Å². The molecule has 1 aliphatic heterocycles. The first-order chi connectivity index (χ1) is 11.6. The maximum Gasteiger partial charge on any atom is 0.256 e. The first kappa shape index (κ1) is 16.7. The molecular weight excluding hydrogens is 300 g/mol. The Balaban J connectivity index is 1.62. The van der Waals surface area contributed by atoms with Crippen molar-refractivity contribution in [2.45, 2.75) is 39.7 Å². The number of nitrogens with zero attached hydrogens (tertiary/aromatic N) is 2. The summed E-state index contributed by atoms with van der Waals surface area (Å²) in [6.45, 7) is 7.54. The fraction of sp³-hybridized carbons (Fsp3) is 0.474. The van der Waals surface area contributed by atoms with Crippen molar-refractivity contribution in [1.82, 2.24) is 15.1 Å². The van der Waals surface area contributed by atoms with Gasteiger partial charge in [-0.05, 0) is 56.0 Å². The van der Waals surface area contributed by atoms with Crippen molar-refractivity contribution in [1.29, 1.82) is 0 Å². The van der Waals surface area contributed by atoms with E-state index in [-0.39, 0.29) is 5.91 Å². The summed E-state index contributed by atoms with van der Waals surface area (Å²) in [5.41, 5.74) is 2.91. The van der Waals surface area contributed by atoms with Gasteiger partial charge >= 0.3 is 0 Å². The first-order valence-corrected chi connectivity index (χ1v) is 8.77. The van der Waals surface area contributed by atoms with Crippen molar-refractivity contribution in [3.63, 3.8) is 0 Å². The smallest absolute Gasteiger partial charge is 0.256 e. The van der Waals surface area contributed by atoms with Crippen molar-refractivity contribution in [2.24, 2.45) is 5.92 Å². The van der Waals surface area contributed by atoms with Crippen molar-refractivity contribution in [3.05, 3.63) is 47.2 Å². The maximum absolute atomic E-state index is 12.5. The minimum absolute atomic E-state index is 0.110. The Morgan fingerprint density at radius 1 is 1.29 bits per heavy atom. The molecule has 0 radical (unpaired) electrons. The number of carbonyl (C=O) groups is 1. The number of aromatic amines is 1. The van der Waals surface area contributed by atoms with E-state index in [2.05, 4.69) is 40.3 Å². The molecule has 24 heavy (non-hydrogen) atoms. The van der Waals surface area contributed by atoms with E-state index in [0.29, 0.717) is 17.3 Å². The van der Waals surface area contributed by atoms with Gasteiger partial charge in [-0.3, -0.25) is 14.8 Å². The number of likely N-dealkylation sites (tertiary alicyclic amines) is 1. The highest BCUT2D eigenvalue weighted by Crippen LogP contribution is 2.15. The summed E-state index contributed by atoms with van der Waals surface area (Å²) in [6.07, 6.45) is 3.48. The van der Waals surface area contributed by atoms with Crippen LogP contribution in [0.4, 0.5) is 5.82 Å². The highest BCUT2D eigenvalue weighted by Gasteiger charge is 2.14. The van der Waals surface area contributed by atoms with Crippen LogP contribution in [-0.4, -0.2) is 34.1 Å². The normalized spacial score (nSPS) is 15.1. The molecule has 0 bridgehead atoms. The van der Waals surface area contributed by atoms with Gasteiger partial charge in [-0.15, -0.1) is 0 Å². The molecule has 5 heteroatoms. The molecule has 0 atom stereocenters. The van der Waals surface area contributed by atoms with Crippen LogP contribution in [0.25, 0.3) is 0 Å². The maximum atomic E-state index is 12.5. The van der Waals surface area contributed by atoms with Crippen molar-refractivity contribution in [3.8, 4) is 0 Å². The lowest BCUT2D eigenvalue weighted by molar-refractivity contribution is 0.102. The average Bonchev–Trinajstić information content (AvgIpc) is 3.19. The second kappa shape index (κ2) is 7.62. The number of anilines is 1. The van der Waals surface area contributed by atoms with E-state index >= 15 is 0 Å². The molecule has 1 fully saturated rings. The minimum atomic E-state index is -0.110. The number of amides is 1. The Bertz CT molecular complexity index is 686. The monoisotopic (exact) mass is 326 g/mol. The zero-order valence-electron chi connectivity index (χ0n) is 14.5. The summed E-state index contributed by atoms with van der Waals surface area (Å²) < 4.78 is 0. The van der Waals surface area contributed by atoms with E-state index in [1.165, 1.54) is 18.4 Å². The van der Waals surface area contributed by atoms with Crippen LogP contribution < -0.4 is 5.32 Å². The van der Waals surface area contributed by atoms with Crippen molar-refractivity contribution >= 4 is 11.7 Å². The zero-order chi connectivity index (χ0) is 16.9. The predicted octanol–water partition coefficient (Wildman–Crippen LogP) is 3.46. The van der Waals surface area contributed by atoms with Gasteiger partial charge in [-0.25, -0.2) is 0 Å². The Morgan fingerprint density at radius 3 is 2.83 bits per heavy atom. The van der Waals surface area contributed by atoms with Crippen molar-refractivity contribution < 1.29 is 4.79 Å². The molecule has 1 aromatic heterocycles. The first-order valence-electron chi connectivity index (χ1n) is 8.77. The summed E-state index contributed by atoms with van der Waals surface area (Å²) in [5.74, 6) is 1.03. The van der Waals surface area contributed by atoms with E-state index in [1.54, 1.807) is 0 Å². The fourth-order valence-electron chi connectivity index (χ4n) is 3.17. The van der Waals surface area contributed by atoms with Crippen LogP contribution >= 0.6 is 0 Å². The second-order valence-corrected chi connectivity index (χ2v) is 7.01. The SMILES string of the molecule is CC(C)Cc1cc(NC(=O)c2cccc(CN3CCCC3)c2)n[nH]1. The number of benzene rings is 1. The Morgan fingerprint density at radius 2 is 2.08 bits per heavy atom. The molecule has 2 heterocycles. The number of nitrogens with one attached hydrogen (secondary N) is 2. The molecule has 3 rings (SSSR count). The number of hydrogen-bond donors (Lipinski definition) is 2. The molecule has 5 nitrogen and oxygen atoms in total. The molecule has 1 saturated heterocycles. The molecule has 2 aromatic rings. The van der Waals surface area contributed by atoms with Gasteiger partial charge in [0.05, 0.1) is 0 Å². The molecule has 0 aliphatic carbocycles.